The second-order valence-electron chi connectivity index (χ2n) is 4.59. The molecule has 1 fully saturated rings. The number of aliphatic hydroxyl groups is 1. The van der Waals surface area contributed by atoms with Crippen LogP contribution in [0.15, 0.2) is 16.6 Å². The summed E-state index contributed by atoms with van der Waals surface area (Å²) in [6.45, 7) is 0.792. The van der Waals surface area contributed by atoms with E-state index in [1.165, 1.54) is 0 Å². The van der Waals surface area contributed by atoms with Gasteiger partial charge in [0.25, 0.3) is 0 Å². The molecule has 2 unspecified atom stereocenters. The van der Waals surface area contributed by atoms with Crippen LogP contribution < -0.4 is 9.47 Å². The molecule has 1 N–H and O–H groups in total. The lowest BCUT2D eigenvalue weighted by molar-refractivity contribution is 0.0525. The summed E-state index contributed by atoms with van der Waals surface area (Å²) in [4.78, 5) is 0. The van der Waals surface area contributed by atoms with Crippen molar-refractivity contribution in [3.63, 3.8) is 0 Å². The van der Waals surface area contributed by atoms with Crippen LogP contribution in [-0.2, 0) is 4.74 Å². The van der Waals surface area contributed by atoms with Crippen molar-refractivity contribution in [2.45, 2.75) is 31.5 Å². The van der Waals surface area contributed by atoms with E-state index >= 15 is 0 Å². The monoisotopic (exact) mass is 330 g/mol. The molecule has 1 saturated heterocycles. The van der Waals surface area contributed by atoms with Crippen LogP contribution in [-0.4, -0.2) is 32.0 Å². The molecule has 0 saturated carbocycles. The van der Waals surface area contributed by atoms with Crippen molar-refractivity contribution < 1.29 is 19.3 Å². The van der Waals surface area contributed by atoms with Gasteiger partial charge in [-0.1, -0.05) is 0 Å². The first-order valence-electron chi connectivity index (χ1n) is 6.37. The van der Waals surface area contributed by atoms with E-state index < -0.39 is 6.10 Å². The lowest BCUT2D eigenvalue weighted by Crippen LogP contribution is -2.12. The molecule has 1 aromatic carbocycles. The number of halogens is 1. The Morgan fingerprint density at radius 2 is 2.21 bits per heavy atom. The molecule has 5 heteroatoms. The van der Waals surface area contributed by atoms with Crippen LogP contribution in [0.3, 0.4) is 0 Å². The van der Waals surface area contributed by atoms with Crippen molar-refractivity contribution in [1.82, 2.24) is 0 Å². The quantitative estimate of drug-likeness (QED) is 0.901. The largest absolute Gasteiger partial charge is 0.495 e. The van der Waals surface area contributed by atoms with Crippen LogP contribution in [0.25, 0.3) is 0 Å². The van der Waals surface area contributed by atoms with Gasteiger partial charge in [-0.2, -0.15) is 0 Å². The van der Waals surface area contributed by atoms with Gasteiger partial charge in [-0.15, -0.1) is 0 Å². The lowest BCUT2D eigenvalue weighted by Gasteiger charge is -2.19. The van der Waals surface area contributed by atoms with Crippen LogP contribution in [0.1, 0.15) is 30.9 Å². The highest BCUT2D eigenvalue weighted by molar-refractivity contribution is 9.10. The average molecular weight is 331 g/mol. The third-order valence-corrected chi connectivity index (χ3v) is 4.14. The van der Waals surface area contributed by atoms with E-state index in [-0.39, 0.29) is 6.10 Å². The van der Waals surface area contributed by atoms with Crippen molar-refractivity contribution in [2.75, 3.05) is 20.8 Å². The molecule has 1 aliphatic rings. The SMILES string of the molecule is COc1ccc(C(O)CC2CCCO2)c(OC)c1Br. The van der Waals surface area contributed by atoms with Crippen molar-refractivity contribution in [2.24, 2.45) is 0 Å². The van der Waals surface area contributed by atoms with E-state index in [0.717, 1.165) is 29.5 Å². The van der Waals surface area contributed by atoms with Crippen molar-refractivity contribution >= 4 is 15.9 Å². The van der Waals surface area contributed by atoms with Gasteiger partial charge in [-0.05, 0) is 40.9 Å². The molecule has 1 aliphatic heterocycles. The molecule has 0 spiro atoms. The van der Waals surface area contributed by atoms with Gasteiger partial charge in [-0.3, -0.25) is 0 Å². The summed E-state index contributed by atoms with van der Waals surface area (Å²) < 4.78 is 16.9. The van der Waals surface area contributed by atoms with E-state index in [0.29, 0.717) is 17.9 Å². The normalized spacial score (nSPS) is 20.3. The molecular weight excluding hydrogens is 312 g/mol. The topological polar surface area (TPSA) is 47.9 Å². The Balaban J connectivity index is 2.20. The smallest absolute Gasteiger partial charge is 0.142 e. The van der Waals surface area contributed by atoms with Gasteiger partial charge in [-0.25, -0.2) is 0 Å². The molecule has 19 heavy (non-hydrogen) atoms. The Bertz CT molecular complexity index is 430. The molecule has 106 valence electrons. The summed E-state index contributed by atoms with van der Waals surface area (Å²) in [6.07, 6.45) is 2.22. The molecular formula is C14H19BrO4. The Labute approximate surface area is 121 Å². The highest BCUT2D eigenvalue weighted by atomic mass is 79.9. The van der Waals surface area contributed by atoms with E-state index in [9.17, 15) is 5.11 Å². The highest BCUT2D eigenvalue weighted by Gasteiger charge is 2.24. The van der Waals surface area contributed by atoms with Crippen LogP contribution in [0.4, 0.5) is 0 Å². The second kappa shape index (κ2) is 6.59. The van der Waals surface area contributed by atoms with Gasteiger partial charge in [0, 0.05) is 18.6 Å². The molecule has 4 nitrogen and oxygen atoms in total. The standard InChI is InChI=1S/C14H19BrO4/c1-17-12-6-5-10(14(18-2)13(12)15)11(16)8-9-4-3-7-19-9/h5-6,9,11,16H,3-4,7-8H2,1-2H3. The third-order valence-electron chi connectivity index (χ3n) is 3.39. The average Bonchev–Trinajstić information content (AvgIpc) is 2.91. The van der Waals surface area contributed by atoms with Crippen molar-refractivity contribution in [3.05, 3.63) is 22.2 Å². The molecule has 0 aromatic heterocycles. The maximum atomic E-state index is 10.4. The number of hydrogen-bond acceptors (Lipinski definition) is 4. The van der Waals surface area contributed by atoms with Crippen LogP contribution >= 0.6 is 15.9 Å². The highest BCUT2D eigenvalue weighted by Crippen LogP contribution is 2.41. The summed E-state index contributed by atoms with van der Waals surface area (Å²) in [7, 11) is 3.18. The van der Waals surface area contributed by atoms with Crippen LogP contribution in [0.2, 0.25) is 0 Å². The number of aliphatic hydroxyl groups excluding tert-OH is 1. The van der Waals surface area contributed by atoms with Gasteiger partial charge >= 0.3 is 0 Å². The minimum atomic E-state index is -0.597. The van der Waals surface area contributed by atoms with Crippen LogP contribution in [0, 0.1) is 0 Å². The maximum absolute atomic E-state index is 10.4. The van der Waals surface area contributed by atoms with E-state index in [1.807, 2.05) is 12.1 Å². The summed E-state index contributed by atoms with van der Waals surface area (Å²) in [5, 5.41) is 10.4. The van der Waals surface area contributed by atoms with Gasteiger partial charge in [0.05, 0.1) is 26.4 Å². The minimum absolute atomic E-state index is 0.139. The van der Waals surface area contributed by atoms with Gasteiger partial charge in [0.15, 0.2) is 0 Å². The van der Waals surface area contributed by atoms with E-state index in [2.05, 4.69) is 15.9 Å². The van der Waals surface area contributed by atoms with Crippen LogP contribution in [0.5, 0.6) is 11.5 Å². The van der Waals surface area contributed by atoms with E-state index in [4.69, 9.17) is 14.2 Å². The van der Waals surface area contributed by atoms with Gasteiger partial charge in [0.2, 0.25) is 0 Å². The molecule has 2 rings (SSSR count). The predicted molar refractivity (Wildman–Crippen MR) is 75.8 cm³/mol. The number of benzene rings is 1. The fraction of sp³-hybridized carbons (Fsp3) is 0.571. The van der Waals surface area contributed by atoms with Crippen molar-refractivity contribution in [1.29, 1.82) is 0 Å². The number of rotatable bonds is 5. The zero-order valence-electron chi connectivity index (χ0n) is 11.2. The zero-order valence-corrected chi connectivity index (χ0v) is 12.8. The Morgan fingerprint density at radius 1 is 1.42 bits per heavy atom. The number of methoxy groups -OCH3 is 2. The molecule has 0 radical (unpaired) electrons. The summed E-state index contributed by atoms with van der Waals surface area (Å²) in [5.74, 6) is 1.30. The summed E-state index contributed by atoms with van der Waals surface area (Å²) >= 11 is 3.44. The second-order valence-corrected chi connectivity index (χ2v) is 5.38. The third kappa shape index (κ3) is 3.22. The van der Waals surface area contributed by atoms with Crippen molar-refractivity contribution in [3.8, 4) is 11.5 Å². The molecule has 0 amide bonds. The molecule has 0 aliphatic carbocycles. The fourth-order valence-electron chi connectivity index (χ4n) is 2.39. The van der Waals surface area contributed by atoms with Gasteiger partial charge < -0.3 is 19.3 Å². The first-order valence-corrected chi connectivity index (χ1v) is 7.16. The Hall–Kier alpha value is -0.780. The predicted octanol–water partition coefficient (Wildman–Crippen LogP) is 3.07. The number of ether oxygens (including phenoxy) is 3. The number of hydrogen-bond donors (Lipinski definition) is 1. The molecule has 0 bridgehead atoms. The Morgan fingerprint density at radius 3 is 2.79 bits per heavy atom. The summed E-state index contributed by atoms with van der Waals surface area (Å²) in [6, 6.07) is 3.66. The maximum Gasteiger partial charge on any atom is 0.142 e. The summed E-state index contributed by atoms with van der Waals surface area (Å²) in [5.41, 5.74) is 0.755. The fourth-order valence-corrected chi connectivity index (χ4v) is 3.07. The first-order chi connectivity index (χ1) is 9.17. The zero-order chi connectivity index (χ0) is 13.8. The Kier molecular flexibility index (Phi) is 5.07. The lowest BCUT2D eigenvalue weighted by atomic mass is 10.0. The molecule has 2 atom stereocenters. The molecule has 1 heterocycles. The van der Waals surface area contributed by atoms with Gasteiger partial charge in [0.1, 0.15) is 16.0 Å². The first kappa shape index (κ1) is 14.6. The minimum Gasteiger partial charge on any atom is -0.495 e. The van der Waals surface area contributed by atoms with E-state index in [1.54, 1.807) is 14.2 Å². The molecule has 1 aromatic rings.